The zero-order chi connectivity index (χ0) is 27.4. The van der Waals surface area contributed by atoms with Crippen molar-refractivity contribution in [3.8, 4) is 28.6 Å². The second-order valence-electron chi connectivity index (χ2n) is 9.78. The first-order chi connectivity index (χ1) is 19.5. The van der Waals surface area contributed by atoms with Crippen LogP contribution in [0.2, 0.25) is 0 Å². The lowest BCUT2D eigenvalue weighted by molar-refractivity contribution is -0.133. The van der Waals surface area contributed by atoms with E-state index in [1.165, 1.54) is 11.0 Å². The molecule has 0 bridgehead atoms. The number of nitrogens with zero attached hydrogens (tertiary/aromatic N) is 6. The van der Waals surface area contributed by atoms with Crippen LogP contribution in [0.3, 0.4) is 0 Å². The first kappa shape index (κ1) is 24.2. The van der Waals surface area contributed by atoms with E-state index in [9.17, 15) is 13.6 Å². The number of carbonyl (C=O) groups is 1. The van der Waals surface area contributed by atoms with Crippen LogP contribution in [-0.4, -0.2) is 60.9 Å². The first-order valence-electron chi connectivity index (χ1n) is 12.8. The number of hydrogen-bond donors (Lipinski definition) is 1. The third-order valence-corrected chi connectivity index (χ3v) is 7.22. The fraction of sp³-hybridized carbons (Fsp3) is 0.172. The van der Waals surface area contributed by atoms with E-state index in [1.54, 1.807) is 35.3 Å². The van der Waals surface area contributed by atoms with Gasteiger partial charge in [0, 0.05) is 43.2 Å². The Morgan fingerprint density at radius 1 is 1.07 bits per heavy atom. The first-order valence-corrected chi connectivity index (χ1v) is 12.8. The number of halogens is 2. The minimum absolute atomic E-state index is 0.0256. The standard InChI is InChI=1S/C29H23F2N7O2/c1-17(30)29(39)36-14-18(15-36)33-24-16-40-25-13-19(7-8-21(24)25)38-27(20-5-2-3-6-22(20)31)34-23-9-10-26(35-28(23)38)37-12-4-11-32-37/h2-13,18,24,33H,1,14-16H2/t24-/m0/s1. The number of rotatable bonds is 6. The second-order valence-corrected chi connectivity index (χ2v) is 9.78. The van der Waals surface area contributed by atoms with Gasteiger partial charge in [0.2, 0.25) is 0 Å². The van der Waals surface area contributed by atoms with Crippen LogP contribution >= 0.6 is 0 Å². The highest BCUT2D eigenvalue weighted by molar-refractivity contribution is 5.91. The van der Waals surface area contributed by atoms with Gasteiger partial charge in [-0.1, -0.05) is 24.8 Å². The monoisotopic (exact) mass is 539 g/mol. The van der Waals surface area contributed by atoms with E-state index in [0.29, 0.717) is 59.5 Å². The molecule has 0 aliphatic carbocycles. The predicted molar refractivity (Wildman–Crippen MR) is 143 cm³/mol. The molecule has 3 aromatic heterocycles. The molecule has 2 aliphatic heterocycles. The molecule has 5 heterocycles. The zero-order valence-corrected chi connectivity index (χ0v) is 21.2. The van der Waals surface area contributed by atoms with E-state index in [2.05, 4.69) is 17.0 Å². The molecule has 9 nitrogen and oxygen atoms in total. The summed E-state index contributed by atoms with van der Waals surface area (Å²) >= 11 is 0. The number of pyridine rings is 1. The number of ether oxygens (including phenoxy) is 1. The number of benzene rings is 2. The molecular weight excluding hydrogens is 516 g/mol. The number of fused-ring (bicyclic) bond motifs is 2. The van der Waals surface area contributed by atoms with E-state index in [1.807, 2.05) is 41.0 Å². The van der Waals surface area contributed by atoms with Gasteiger partial charge in [-0.2, -0.15) is 5.10 Å². The van der Waals surface area contributed by atoms with Crippen LogP contribution in [0.5, 0.6) is 5.75 Å². The molecule has 0 spiro atoms. The smallest absolute Gasteiger partial charge is 0.282 e. The van der Waals surface area contributed by atoms with Crippen molar-refractivity contribution in [1.29, 1.82) is 0 Å². The van der Waals surface area contributed by atoms with Gasteiger partial charge in [-0.05, 0) is 36.4 Å². The summed E-state index contributed by atoms with van der Waals surface area (Å²) in [5, 5.41) is 7.77. The maximum absolute atomic E-state index is 15.0. The van der Waals surface area contributed by atoms with Gasteiger partial charge in [0.1, 0.15) is 29.5 Å². The fourth-order valence-electron chi connectivity index (χ4n) is 5.23. The summed E-state index contributed by atoms with van der Waals surface area (Å²) in [6.45, 7) is 4.30. The van der Waals surface area contributed by atoms with Crippen molar-refractivity contribution >= 4 is 17.1 Å². The van der Waals surface area contributed by atoms with Crippen molar-refractivity contribution in [3.63, 3.8) is 0 Å². The van der Waals surface area contributed by atoms with Gasteiger partial charge in [0.05, 0.1) is 17.3 Å². The lowest BCUT2D eigenvalue weighted by Crippen LogP contribution is -2.60. The van der Waals surface area contributed by atoms with Gasteiger partial charge in [-0.3, -0.25) is 9.36 Å². The molecule has 1 N–H and O–H groups in total. The van der Waals surface area contributed by atoms with Crippen molar-refractivity contribution in [2.24, 2.45) is 0 Å². The molecule has 7 rings (SSSR count). The summed E-state index contributed by atoms with van der Waals surface area (Å²) in [5.74, 6) is -0.313. The summed E-state index contributed by atoms with van der Waals surface area (Å²) < 4.78 is 37.6. The van der Waals surface area contributed by atoms with Crippen LogP contribution in [0.25, 0.3) is 34.1 Å². The number of aromatic nitrogens is 5. The fourth-order valence-corrected chi connectivity index (χ4v) is 5.23. The Hall–Kier alpha value is -4.90. The van der Waals surface area contributed by atoms with E-state index in [-0.39, 0.29) is 12.1 Å². The Morgan fingerprint density at radius 2 is 1.93 bits per heavy atom. The van der Waals surface area contributed by atoms with Gasteiger partial charge in [0.25, 0.3) is 5.91 Å². The Labute approximate surface area is 227 Å². The number of hydrogen-bond acceptors (Lipinski definition) is 6. The predicted octanol–water partition coefficient (Wildman–Crippen LogP) is 4.13. The molecule has 200 valence electrons. The normalized spacial score (nSPS) is 16.6. The topological polar surface area (TPSA) is 90.1 Å². The maximum atomic E-state index is 15.0. The Morgan fingerprint density at radius 3 is 2.70 bits per heavy atom. The van der Waals surface area contributed by atoms with Crippen LogP contribution in [0.4, 0.5) is 8.78 Å². The average Bonchev–Trinajstić information content (AvgIpc) is 3.68. The van der Waals surface area contributed by atoms with E-state index in [0.717, 1.165) is 5.56 Å². The highest BCUT2D eigenvalue weighted by Gasteiger charge is 2.35. The SMILES string of the molecule is C=C(F)C(=O)N1CC(N[C@H]2COc3cc(-n4c(-c5ccccc5F)nc5ccc(-n6cccn6)nc54)ccc32)C1. The molecular formula is C29H23F2N7O2. The van der Waals surface area contributed by atoms with Crippen molar-refractivity contribution in [1.82, 2.24) is 34.5 Å². The van der Waals surface area contributed by atoms with E-state index < -0.39 is 17.6 Å². The van der Waals surface area contributed by atoms with Gasteiger partial charge in [-0.15, -0.1) is 0 Å². The minimum Gasteiger partial charge on any atom is -0.491 e. The van der Waals surface area contributed by atoms with Crippen molar-refractivity contribution in [2.45, 2.75) is 12.1 Å². The summed E-state index contributed by atoms with van der Waals surface area (Å²) in [6.07, 6.45) is 3.47. The summed E-state index contributed by atoms with van der Waals surface area (Å²) in [7, 11) is 0. The highest BCUT2D eigenvalue weighted by atomic mass is 19.1. The van der Waals surface area contributed by atoms with Gasteiger partial charge in [0.15, 0.2) is 17.3 Å². The second kappa shape index (κ2) is 9.38. The summed E-state index contributed by atoms with van der Waals surface area (Å²) in [4.78, 5) is 22.7. The Bertz CT molecular complexity index is 1780. The molecule has 0 radical (unpaired) electrons. The van der Waals surface area contributed by atoms with E-state index in [4.69, 9.17) is 14.7 Å². The third kappa shape index (κ3) is 4.02. The largest absolute Gasteiger partial charge is 0.491 e. The molecule has 1 saturated heterocycles. The van der Waals surface area contributed by atoms with Gasteiger partial charge in [-0.25, -0.2) is 23.4 Å². The quantitative estimate of drug-likeness (QED) is 0.327. The zero-order valence-electron chi connectivity index (χ0n) is 21.2. The number of imidazole rings is 1. The molecule has 5 aromatic rings. The third-order valence-electron chi connectivity index (χ3n) is 7.22. The lowest BCUT2D eigenvalue weighted by atomic mass is 10.0. The van der Waals surface area contributed by atoms with Crippen LogP contribution in [0, 0.1) is 5.82 Å². The average molecular weight is 540 g/mol. The Kier molecular flexibility index (Phi) is 5.67. The Balaban J connectivity index is 1.25. The maximum Gasteiger partial charge on any atom is 0.282 e. The van der Waals surface area contributed by atoms with Crippen LogP contribution < -0.4 is 10.1 Å². The molecule has 1 atom stereocenters. The molecule has 11 heteroatoms. The molecule has 40 heavy (non-hydrogen) atoms. The molecule has 2 aromatic carbocycles. The highest BCUT2D eigenvalue weighted by Crippen LogP contribution is 2.37. The van der Waals surface area contributed by atoms with Crippen molar-refractivity contribution < 1.29 is 18.3 Å². The molecule has 0 unspecified atom stereocenters. The number of amides is 1. The minimum atomic E-state index is -0.950. The summed E-state index contributed by atoms with van der Waals surface area (Å²) in [5.41, 5.74) is 3.18. The molecule has 1 fully saturated rings. The molecule has 1 amide bonds. The van der Waals surface area contributed by atoms with Crippen LogP contribution in [0.15, 0.2) is 85.5 Å². The van der Waals surface area contributed by atoms with Gasteiger partial charge >= 0.3 is 0 Å². The van der Waals surface area contributed by atoms with Crippen molar-refractivity contribution in [2.75, 3.05) is 19.7 Å². The number of carbonyl (C=O) groups excluding carboxylic acids is 1. The molecule has 0 saturated carbocycles. The van der Waals surface area contributed by atoms with Crippen LogP contribution in [-0.2, 0) is 4.79 Å². The van der Waals surface area contributed by atoms with E-state index >= 15 is 0 Å². The van der Waals surface area contributed by atoms with Crippen LogP contribution in [0.1, 0.15) is 11.6 Å². The lowest BCUT2D eigenvalue weighted by Gasteiger charge is -2.40. The molecule has 2 aliphatic rings. The number of nitrogens with one attached hydrogen (secondary N) is 1. The van der Waals surface area contributed by atoms with Gasteiger partial charge < -0.3 is 15.0 Å². The number of likely N-dealkylation sites (tertiary alicyclic amines) is 1. The summed E-state index contributed by atoms with van der Waals surface area (Å²) in [6, 6.07) is 17.7. The van der Waals surface area contributed by atoms with Crippen molar-refractivity contribution in [3.05, 3.63) is 96.8 Å².